The van der Waals surface area contributed by atoms with E-state index in [1.54, 1.807) is 24.5 Å². The summed E-state index contributed by atoms with van der Waals surface area (Å²) < 4.78 is 0. The van der Waals surface area contributed by atoms with Crippen molar-refractivity contribution in [1.82, 2.24) is 4.98 Å². The van der Waals surface area contributed by atoms with E-state index in [4.69, 9.17) is 0 Å². The van der Waals surface area contributed by atoms with E-state index in [1.807, 2.05) is 19.1 Å². The standard InChI is InChI=1S/C15H16N2O/c1-3-12-5-4-11(2)14(10-12)17-15(18)13-6-8-16-9-7-13/h4-10H,3H2,1-2H3,(H,17,18). The number of hydrogen-bond acceptors (Lipinski definition) is 2. The minimum absolute atomic E-state index is 0.103. The molecular formula is C15H16N2O. The largest absolute Gasteiger partial charge is 0.322 e. The van der Waals surface area contributed by atoms with Crippen molar-refractivity contribution in [1.29, 1.82) is 0 Å². The summed E-state index contributed by atoms with van der Waals surface area (Å²) in [6.45, 7) is 4.08. The predicted octanol–water partition coefficient (Wildman–Crippen LogP) is 3.20. The highest BCUT2D eigenvalue weighted by Crippen LogP contribution is 2.18. The van der Waals surface area contributed by atoms with E-state index in [0.717, 1.165) is 17.7 Å². The van der Waals surface area contributed by atoms with Crippen LogP contribution in [0, 0.1) is 6.92 Å². The summed E-state index contributed by atoms with van der Waals surface area (Å²) >= 11 is 0. The molecular weight excluding hydrogens is 224 g/mol. The molecule has 1 heterocycles. The molecule has 0 radical (unpaired) electrons. The van der Waals surface area contributed by atoms with E-state index in [1.165, 1.54) is 5.56 Å². The van der Waals surface area contributed by atoms with Crippen LogP contribution in [0.4, 0.5) is 5.69 Å². The van der Waals surface area contributed by atoms with Gasteiger partial charge in [0, 0.05) is 23.6 Å². The van der Waals surface area contributed by atoms with Crippen molar-refractivity contribution >= 4 is 11.6 Å². The summed E-state index contributed by atoms with van der Waals surface area (Å²) in [7, 11) is 0. The first-order valence-corrected chi connectivity index (χ1v) is 6.01. The van der Waals surface area contributed by atoms with Crippen molar-refractivity contribution in [3.63, 3.8) is 0 Å². The van der Waals surface area contributed by atoms with E-state index in [9.17, 15) is 4.79 Å². The number of rotatable bonds is 3. The van der Waals surface area contributed by atoms with Crippen molar-refractivity contribution in [3.8, 4) is 0 Å². The Balaban J connectivity index is 2.21. The van der Waals surface area contributed by atoms with Gasteiger partial charge in [-0.15, -0.1) is 0 Å². The molecule has 92 valence electrons. The maximum absolute atomic E-state index is 12.0. The summed E-state index contributed by atoms with van der Waals surface area (Å²) in [6, 6.07) is 9.54. The van der Waals surface area contributed by atoms with Gasteiger partial charge < -0.3 is 5.32 Å². The molecule has 18 heavy (non-hydrogen) atoms. The van der Waals surface area contributed by atoms with Gasteiger partial charge in [-0.1, -0.05) is 19.1 Å². The van der Waals surface area contributed by atoms with Crippen LogP contribution >= 0.6 is 0 Å². The molecule has 0 unspecified atom stereocenters. The molecule has 1 aromatic heterocycles. The first-order chi connectivity index (χ1) is 8.70. The van der Waals surface area contributed by atoms with E-state index in [2.05, 4.69) is 23.3 Å². The number of pyridine rings is 1. The van der Waals surface area contributed by atoms with Crippen LogP contribution in [0.1, 0.15) is 28.4 Å². The molecule has 0 aliphatic carbocycles. The van der Waals surface area contributed by atoms with Gasteiger partial charge in [0.05, 0.1) is 0 Å². The number of aromatic nitrogens is 1. The average Bonchev–Trinajstić information content (AvgIpc) is 2.42. The molecule has 3 nitrogen and oxygen atoms in total. The summed E-state index contributed by atoms with van der Waals surface area (Å²) in [4.78, 5) is 15.9. The Morgan fingerprint density at radius 3 is 2.61 bits per heavy atom. The Kier molecular flexibility index (Phi) is 3.72. The molecule has 0 saturated carbocycles. The molecule has 2 rings (SSSR count). The van der Waals surface area contributed by atoms with Crippen molar-refractivity contribution in [2.75, 3.05) is 5.32 Å². The number of nitrogens with one attached hydrogen (secondary N) is 1. The lowest BCUT2D eigenvalue weighted by molar-refractivity contribution is 0.102. The highest BCUT2D eigenvalue weighted by molar-refractivity contribution is 6.04. The zero-order valence-electron chi connectivity index (χ0n) is 10.6. The molecule has 1 amide bonds. The first kappa shape index (κ1) is 12.3. The third kappa shape index (κ3) is 2.74. The molecule has 0 bridgehead atoms. The average molecular weight is 240 g/mol. The van der Waals surface area contributed by atoms with E-state index >= 15 is 0 Å². The summed E-state index contributed by atoms with van der Waals surface area (Å²) in [5.74, 6) is -0.103. The SMILES string of the molecule is CCc1ccc(C)c(NC(=O)c2ccncc2)c1. The minimum Gasteiger partial charge on any atom is -0.322 e. The van der Waals surface area contributed by atoms with Gasteiger partial charge in [-0.05, 0) is 42.7 Å². The molecule has 0 saturated heterocycles. The third-order valence-corrected chi connectivity index (χ3v) is 2.90. The Morgan fingerprint density at radius 1 is 1.22 bits per heavy atom. The highest BCUT2D eigenvalue weighted by Gasteiger charge is 2.07. The summed E-state index contributed by atoms with van der Waals surface area (Å²) in [5, 5.41) is 2.93. The molecule has 0 fully saturated rings. The van der Waals surface area contributed by atoms with Crippen molar-refractivity contribution in [2.45, 2.75) is 20.3 Å². The maximum Gasteiger partial charge on any atom is 0.255 e. The van der Waals surface area contributed by atoms with Gasteiger partial charge >= 0.3 is 0 Å². The van der Waals surface area contributed by atoms with Crippen molar-refractivity contribution < 1.29 is 4.79 Å². The van der Waals surface area contributed by atoms with E-state index in [-0.39, 0.29) is 5.91 Å². The topological polar surface area (TPSA) is 42.0 Å². The molecule has 2 aromatic rings. The Bertz CT molecular complexity index is 550. The molecule has 0 spiro atoms. The molecule has 1 aromatic carbocycles. The first-order valence-electron chi connectivity index (χ1n) is 6.01. The van der Waals surface area contributed by atoms with Crippen LogP contribution < -0.4 is 5.32 Å². The van der Waals surface area contributed by atoms with Crippen LogP contribution in [0.3, 0.4) is 0 Å². The smallest absolute Gasteiger partial charge is 0.255 e. The van der Waals surface area contributed by atoms with Crippen LogP contribution in [-0.2, 0) is 6.42 Å². The highest BCUT2D eigenvalue weighted by atomic mass is 16.1. The molecule has 0 aliphatic heterocycles. The second-order valence-electron chi connectivity index (χ2n) is 4.19. The van der Waals surface area contributed by atoms with Crippen molar-refractivity contribution in [3.05, 3.63) is 59.4 Å². The third-order valence-electron chi connectivity index (χ3n) is 2.90. The van der Waals surface area contributed by atoms with Gasteiger partial charge in [-0.3, -0.25) is 9.78 Å². The van der Waals surface area contributed by atoms with Crippen LogP contribution in [0.5, 0.6) is 0 Å². The summed E-state index contributed by atoms with van der Waals surface area (Å²) in [5.41, 5.74) is 3.77. The van der Waals surface area contributed by atoms with Crippen LogP contribution in [-0.4, -0.2) is 10.9 Å². The number of amides is 1. The zero-order chi connectivity index (χ0) is 13.0. The van der Waals surface area contributed by atoms with Crippen LogP contribution in [0.15, 0.2) is 42.7 Å². The Labute approximate surface area is 107 Å². The maximum atomic E-state index is 12.0. The molecule has 0 atom stereocenters. The van der Waals surface area contributed by atoms with Gasteiger partial charge in [0.1, 0.15) is 0 Å². The minimum atomic E-state index is -0.103. The van der Waals surface area contributed by atoms with Gasteiger partial charge in [-0.2, -0.15) is 0 Å². The number of anilines is 1. The molecule has 0 aliphatic rings. The lowest BCUT2D eigenvalue weighted by atomic mass is 10.1. The zero-order valence-corrected chi connectivity index (χ0v) is 10.6. The molecule has 3 heteroatoms. The fourth-order valence-electron chi connectivity index (χ4n) is 1.72. The Morgan fingerprint density at radius 2 is 1.94 bits per heavy atom. The summed E-state index contributed by atoms with van der Waals surface area (Å²) in [6.07, 6.45) is 4.19. The predicted molar refractivity (Wildman–Crippen MR) is 72.7 cm³/mol. The fraction of sp³-hybridized carbons (Fsp3) is 0.200. The van der Waals surface area contributed by atoms with E-state index < -0.39 is 0 Å². The Hall–Kier alpha value is -2.16. The number of benzene rings is 1. The monoisotopic (exact) mass is 240 g/mol. The lowest BCUT2D eigenvalue weighted by Gasteiger charge is -2.10. The van der Waals surface area contributed by atoms with Gasteiger partial charge in [0.15, 0.2) is 0 Å². The lowest BCUT2D eigenvalue weighted by Crippen LogP contribution is -2.12. The quantitative estimate of drug-likeness (QED) is 0.895. The van der Waals surface area contributed by atoms with Gasteiger partial charge in [0.25, 0.3) is 5.91 Å². The van der Waals surface area contributed by atoms with Gasteiger partial charge in [-0.25, -0.2) is 0 Å². The normalized spacial score (nSPS) is 10.1. The molecule has 1 N–H and O–H groups in total. The fourth-order valence-corrected chi connectivity index (χ4v) is 1.72. The number of carbonyl (C=O) groups is 1. The number of hydrogen-bond donors (Lipinski definition) is 1. The second-order valence-corrected chi connectivity index (χ2v) is 4.19. The van der Waals surface area contributed by atoms with E-state index in [0.29, 0.717) is 5.56 Å². The number of nitrogens with zero attached hydrogens (tertiary/aromatic N) is 1. The number of aryl methyl sites for hydroxylation is 2. The second kappa shape index (κ2) is 5.45. The van der Waals surface area contributed by atoms with Gasteiger partial charge in [0.2, 0.25) is 0 Å². The van der Waals surface area contributed by atoms with Crippen LogP contribution in [0.25, 0.3) is 0 Å². The number of carbonyl (C=O) groups excluding carboxylic acids is 1. The van der Waals surface area contributed by atoms with Crippen molar-refractivity contribution in [2.24, 2.45) is 0 Å². The van der Waals surface area contributed by atoms with Crippen LogP contribution in [0.2, 0.25) is 0 Å².